The van der Waals surface area contributed by atoms with Crippen molar-refractivity contribution in [3.05, 3.63) is 84.5 Å². The van der Waals surface area contributed by atoms with Crippen LogP contribution in [0.4, 0.5) is 0 Å². The molecule has 4 aromatic rings. The summed E-state index contributed by atoms with van der Waals surface area (Å²) in [6.45, 7) is 12.5. The summed E-state index contributed by atoms with van der Waals surface area (Å²) < 4.78 is 9.50. The Labute approximate surface area is 185 Å². The summed E-state index contributed by atoms with van der Waals surface area (Å²) in [6.07, 6.45) is 10.2. The third kappa shape index (κ3) is 4.79. The van der Waals surface area contributed by atoms with Crippen molar-refractivity contribution in [1.29, 1.82) is 0 Å². The van der Waals surface area contributed by atoms with E-state index in [4.69, 9.17) is 0 Å². The number of para-hydroxylation sites is 4. The van der Waals surface area contributed by atoms with Crippen LogP contribution in [0.2, 0.25) is 0 Å². The Morgan fingerprint density at radius 2 is 1.10 bits per heavy atom. The number of imidazole rings is 2. The molecule has 160 valence electrons. The van der Waals surface area contributed by atoms with Crippen molar-refractivity contribution in [2.24, 2.45) is 0 Å². The zero-order valence-electron chi connectivity index (χ0n) is 19.3. The summed E-state index contributed by atoms with van der Waals surface area (Å²) in [4.78, 5) is 0. The summed E-state index contributed by atoms with van der Waals surface area (Å²) in [7, 11) is 0. The zero-order valence-corrected chi connectivity index (χ0v) is 19.3. The highest BCUT2D eigenvalue weighted by Gasteiger charge is 2.17. The normalized spacial score (nSPS) is 11.2. The number of aryl methyl sites for hydroxylation is 2. The van der Waals surface area contributed by atoms with Gasteiger partial charge in [-0.25, -0.2) is 18.3 Å². The van der Waals surface area contributed by atoms with Crippen LogP contribution in [-0.2, 0) is 26.2 Å². The molecule has 0 unspecified atom stereocenters. The molecule has 0 spiro atoms. The lowest BCUT2D eigenvalue weighted by atomic mass is 10.3. The van der Waals surface area contributed by atoms with E-state index < -0.39 is 0 Å². The van der Waals surface area contributed by atoms with Gasteiger partial charge in [-0.05, 0) is 64.1 Å². The number of hydrogen-bond acceptors (Lipinski definition) is 0. The predicted molar refractivity (Wildman–Crippen MR) is 128 cm³/mol. The molecule has 2 aromatic heterocycles. The van der Waals surface area contributed by atoms with Crippen LogP contribution in [0.5, 0.6) is 0 Å². The van der Waals surface area contributed by atoms with Gasteiger partial charge in [-0.15, -0.1) is 0 Å². The van der Waals surface area contributed by atoms with Gasteiger partial charge in [0.25, 0.3) is 0 Å². The number of nitrogens with zero attached hydrogens (tertiary/aromatic N) is 4. The first kappa shape index (κ1) is 21.1. The average molecular weight is 415 g/mol. The van der Waals surface area contributed by atoms with Crippen molar-refractivity contribution in [2.45, 2.75) is 60.3 Å². The zero-order chi connectivity index (χ0) is 21.8. The van der Waals surface area contributed by atoms with Crippen LogP contribution in [0.15, 0.2) is 84.5 Å². The fourth-order valence-electron chi connectivity index (χ4n) is 4.11. The molecule has 0 saturated heterocycles. The highest BCUT2D eigenvalue weighted by Crippen LogP contribution is 2.14. The second kappa shape index (κ2) is 9.34. The SMILES string of the molecule is CC(C)=CC[n+]1cn(CCCn2c[n+](CC=C(C)C)c3ccccc32)c2ccccc21. The van der Waals surface area contributed by atoms with E-state index in [0.29, 0.717) is 0 Å². The molecular weight excluding hydrogens is 380 g/mol. The Morgan fingerprint density at radius 3 is 1.52 bits per heavy atom. The first-order valence-corrected chi connectivity index (χ1v) is 11.2. The second-order valence-corrected chi connectivity index (χ2v) is 8.82. The minimum Gasteiger partial charge on any atom is -0.230 e. The molecule has 0 bridgehead atoms. The molecule has 0 aliphatic rings. The van der Waals surface area contributed by atoms with Crippen molar-refractivity contribution in [1.82, 2.24) is 9.13 Å². The maximum Gasteiger partial charge on any atom is 0.245 e. The number of benzene rings is 2. The van der Waals surface area contributed by atoms with Crippen molar-refractivity contribution in [3.8, 4) is 0 Å². The molecule has 0 atom stereocenters. The van der Waals surface area contributed by atoms with E-state index >= 15 is 0 Å². The van der Waals surface area contributed by atoms with Crippen LogP contribution >= 0.6 is 0 Å². The Morgan fingerprint density at radius 1 is 0.677 bits per heavy atom. The van der Waals surface area contributed by atoms with Crippen molar-refractivity contribution in [2.75, 3.05) is 0 Å². The molecule has 0 aliphatic carbocycles. The standard InChI is InChI=1S/C27H34N4/c1-22(2)14-18-30-20-28(24-10-5-7-12-26(24)30)16-9-17-29-21-31(19-15-23(3)4)27-13-8-6-11-25(27)29/h5-8,10-15,20-21H,9,16-19H2,1-4H3/q+2. The summed E-state index contributed by atoms with van der Waals surface area (Å²) in [5.41, 5.74) is 7.91. The molecule has 0 amide bonds. The highest BCUT2D eigenvalue weighted by molar-refractivity contribution is 5.72. The van der Waals surface area contributed by atoms with Gasteiger partial charge < -0.3 is 0 Å². The number of fused-ring (bicyclic) bond motifs is 2. The lowest BCUT2D eigenvalue weighted by Crippen LogP contribution is -2.31. The van der Waals surface area contributed by atoms with Gasteiger partial charge in [0.15, 0.2) is 22.1 Å². The molecule has 2 aromatic carbocycles. The highest BCUT2D eigenvalue weighted by atomic mass is 15.1. The molecule has 0 saturated carbocycles. The summed E-state index contributed by atoms with van der Waals surface area (Å²) in [6, 6.07) is 17.4. The topological polar surface area (TPSA) is 17.6 Å². The first-order valence-electron chi connectivity index (χ1n) is 11.2. The largest absolute Gasteiger partial charge is 0.245 e. The van der Waals surface area contributed by atoms with E-state index in [0.717, 1.165) is 32.6 Å². The number of rotatable bonds is 8. The van der Waals surface area contributed by atoms with Crippen LogP contribution in [0.1, 0.15) is 34.1 Å². The summed E-state index contributed by atoms with van der Waals surface area (Å²) in [5, 5.41) is 0. The summed E-state index contributed by atoms with van der Waals surface area (Å²) >= 11 is 0. The Bertz CT molecular complexity index is 1150. The van der Waals surface area contributed by atoms with Gasteiger partial charge in [-0.1, -0.05) is 35.4 Å². The minimum atomic E-state index is 0.919. The van der Waals surface area contributed by atoms with Crippen molar-refractivity contribution >= 4 is 22.1 Å². The molecular formula is C27H34N4+2. The minimum absolute atomic E-state index is 0.919. The maximum atomic E-state index is 2.40. The lowest BCUT2D eigenvalue weighted by Gasteiger charge is -1.98. The van der Waals surface area contributed by atoms with E-state index in [1.807, 2.05) is 0 Å². The van der Waals surface area contributed by atoms with Crippen LogP contribution in [0, 0.1) is 0 Å². The van der Waals surface area contributed by atoms with Crippen molar-refractivity contribution in [3.63, 3.8) is 0 Å². The molecule has 0 N–H and O–H groups in total. The van der Waals surface area contributed by atoms with Gasteiger partial charge >= 0.3 is 0 Å². The van der Waals surface area contributed by atoms with Crippen molar-refractivity contribution < 1.29 is 9.13 Å². The number of aromatic nitrogens is 4. The fourth-order valence-corrected chi connectivity index (χ4v) is 4.11. The molecule has 4 nitrogen and oxygen atoms in total. The molecule has 4 rings (SSSR count). The quantitative estimate of drug-likeness (QED) is 0.279. The van der Waals surface area contributed by atoms with Crippen LogP contribution in [0.25, 0.3) is 22.1 Å². The van der Waals surface area contributed by atoms with E-state index in [1.54, 1.807) is 0 Å². The van der Waals surface area contributed by atoms with E-state index in [2.05, 4.69) is 119 Å². The van der Waals surface area contributed by atoms with Gasteiger partial charge in [-0.3, -0.25) is 0 Å². The van der Waals surface area contributed by atoms with E-state index in [1.165, 1.54) is 33.2 Å². The Hall–Kier alpha value is -3.14. The van der Waals surface area contributed by atoms with Crippen LogP contribution in [-0.4, -0.2) is 9.13 Å². The fraction of sp³-hybridized carbons (Fsp3) is 0.333. The van der Waals surface area contributed by atoms with Gasteiger partial charge in [0, 0.05) is 6.42 Å². The second-order valence-electron chi connectivity index (χ2n) is 8.82. The van der Waals surface area contributed by atoms with Gasteiger partial charge in [0.2, 0.25) is 12.7 Å². The van der Waals surface area contributed by atoms with E-state index in [-0.39, 0.29) is 0 Å². The first-order chi connectivity index (χ1) is 15.0. The van der Waals surface area contributed by atoms with Gasteiger partial charge in [-0.2, -0.15) is 0 Å². The monoisotopic (exact) mass is 414 g/mol. The lowest BCUT2D eigenvalue weighted by molar-refractivity contribution is -0.661. The van der Waals surface area contributed by atoms with Crippen LogP contribution in [0.3, 0.4) is 0 Å². The Balaban J connectivity index is 1.54. The third-order valence-corrected chi connectivity index (χ3v) is 5.75. The van der Waals surface area contributed by atoms with Crippen LogP contribution < -0.4 is 9.13 Å². The van der Waals surface area contributed by atoms with Gasteiger partial charge in [0.05, 0.1) is 13.1 Å². The predicted octanol–water partition coefficient (Wildman–Crippen LogP) is 5.19. The molecule has 0 radical (unpaired) electrons. The number of hydrogen-bond donors (Lipinski definition) is 0. The molecule has 31 heavy (non-hydrogen) atoms. The Kier molecular flexibility index (Phi) is 6.36. The maximum absolute atomic E-state index is 2.40. The smallest absolute Gasteiger partial charge is 0.230 e. The molecule has 0 fully saturated rings. The average Bonchev–Trinajstić information content (AvgIpc) is 3.29. The molecule has 4 heteroatoms. The van der Waals surface area contributed by atoms with E-state index in [9.17, 15) is 0 Å². The third-order valence-electron chi connectivity index (χ3n) is 5.75. The summed E-state index contributed by atoms with van der Waals surface area (Å²) in [5.74, 6) is 0. The molecule has 2 heterocycles. The van der Waals surface area contributed by atoms with Gasteiger partial charge in [0.1, 0.15) is 13.1 Å². The number of allylic oxidation sites excluding steroid dienone is 4. The molecule has 0 aliphatic heterocycles.